The second-order valence-corrected chi connectivity index (χ2v) is 7.32. The minimum atomic E-state index is -0.658. The van der Waals surface area contributed by atoms with Crippen LogP contribution in [0, 0.1) is 29.6 Å². The molecule has 0 aliphatic heterocycles. The second kappa shape index (κ2) is 9.99. The maximum Gasteiger partial charge on any atom is 0.341 e. The van der Waals surface area contributed by atoms with Gasteiger partial charge in [-0.3, -0.25) is 0 Å². The number of nitriles is 2. The fraction of sp³-hybridized carbons (Fsp3) is 0.208. The van der Waals surface area contributed by atoms with Gasteiger partial charge in [-0.1, -0.05) is 23.7 Å². The van der Waals surface area contributed by atoms with Crippen molar-refractivity contribution in [3.05, 3.63) is 75.3 Å². The lowest BCUT2D eigenvalue weighted by molar-refractivity contribution is 0.0525. The molecule has 0 saturated carbocycles. The molecule has 33 heavy (non-hydrogen) atoms. The Morgan fingerprint density at radius 3 is 2.42 bits per heavy atom. The van der Waals surface area contributed by atoms with E-state index < -0.39 is 11.9 Å². The molecule has 0 unspecified atom stereocenters. The van der Waals surface area contributed by atoms with Gasteiger partial charge in [0, 0.05) is 17.5 Å². The largest absolute Gasteiger partial charge is 0.465 e. The van der Waals surface area contributed by atoms with E-state index in [4.69, 9.17) is 26.3 Å². The molecule has 0 atom stereocenters. The number of carbonyl (C=O) groups excluding carboxylic acids is 2. The number of nitrogens with zero attached hydrogens (tertiary/aromatic N) is 4. The SMILES string of the molecule is CCOC(=O)c1cc(Cn2c(C)c(-c3ccc(C#N)cc3)c(C(=O)OC)c2C#N)cnc1Cl. The van der Waals surface area contributed by atoms with E-state index in [0.717, 1.165) is 0 Å². The molecule has 0 N–H and O–H groups in total. The summed E-state index contributed by atoms with van der Waals surface area (Å²) in [6.07, 6.45) is 1.49. The number of pyridine rings is 1. The molecular weight excluding hydrogens is 444 g/mol. The molecule has 0 saturated heterocycles. The Kier molecular flexibility index (Phi) is 7.12. The third kappa shape index (κ3) is 4.57. The molecule has 8 nitrogen and oxygen atoms in total. The Morgan fingerprint density at radius 2 is 1.85 bits per heavy atom. The van der Waals surface area contributed by atoms with Crippen LogP contribution >= 0.6 is 11.6 Å². The number of halogens is 1. The van der Waals surface area contributed by atoms with Gasteiger partial charge in [-0.25, -0.2) is 14.6 Å². The van der Waals surface area contributed by atoms with E-state index >= 15 is 0 Å². The molecule has 1 aromatic carbocycles. The number of benzene rings is 1. The summed E-state index contributed by atoms with van der Waals surface area (Å²) in [6, 6.07) is 12.4. The van der Waals surface area contributed by atoms with Crippen molar-refractivity contribution in [3.8, 4) is 23.3 Å². The lowest BCUT2D eigenvalue weighted by Crippen LogP contribution is -2.10. The highest BCUT2D eigenvalue weighted by atomic mass is 35.5. The zero-order valence-corrected chi connectivity index (χ0v) is 18.9. The molecule has 3 aromatic rings. The summed E-state index contributed by atoms with van der Waals surface area (Å²) < 4.78 is 11.6. The number of rotatable bonds is 6. The predicted octanol–water partition coefficient (Wildman–Crippen LogP) is 4.27. The summed E-state index contributed by atoms with van der Waals surface area (Å²) in [7, 11) is 1.24. The molecule has 2 aromatic heterocycles. The summed E-state index contributed by atoms with van der Waals surface area (Å²) in [5.74, 6) is -1.26. The van der Waals surface area contributed by atoms with Gasteiger partial charge in [0.05, 0.1) is 37.5 Å². The van der Waals surface area contributed by atoms with Crippen molar-refractivity contribution in [3.63, 3.8) is 0 Å². The number of ether oxygens (including phenoxy) is 2. The fourth-order valence-corrected chi connectivity index (χ4v) is 3.71. The summed E-state index contributed by atoms with van der Waals surface area (Å²) in [5.41, 5.74) is 3.19. The molecule has 0 spiro atoms. The first-order valence-electron chi connectivity index (χ1n) is 9.89. The highest BCUT2D eigenvalue weighted by Crippen LogP contribution is 2.34. The fourth-order valence-electron chi connectivity index (χ4n) is 3.53. The highest BCUT2D eigenvalue weighted by molar-refractivity contribution is 6.32. The molecule has 0 bridgehead atoms. The maximum atomic E-state index is 12.7. The van der Waals surface area contributed by atoms with Gasteiger partial charge in [-0.2, -0.15) is 10.5 Å². The number of methoxy groups -OCH3 is 1. The van der Waals surface area contributed by atoms with Crippen molar-refractivity contribution in [1.82, 2.24) is 9.55 Å². The van der Waals surface area contributed by atoms with Gasteiger partial charge in [0.2, 0.25) is 0 Å². The van der Waals surface area contributed by atoms with Crippen molar-refractivity contribution >= 4 is 23.5 Å². The summed E-state index contributed by atoms with van der Waals surface area (Å²) >= 11 is 6.06. The minimum Gasteiger partial charge on any atom is -0.465 e. The van der Waals surface area contributed by atoms with Crippen LogP contribution in [0.15, 0.2) is 36.5 Å². The van der Waals surface area contributed by atoms with Crippen LogP contribution in [-0.2, 0) is 16.0 Å². The molecule has 0 fully saturated rings. The normalized spacial score (nSPS) is 10.2. The van der Waals surface area contributed by atoms with Crippen LogP contribution in [0.2, 0.25) is 5.15 Å². The average molecular weight is 463 g/mol. The number of esters is 2. The van der Waals surface area contributed by atoms with Gasteiger partial charge in [0.15, 0.2) is 0 Å². The Hall–Kier alpha value is -4.14. The standard InChI is InChI=1S/C24H19ClN4O4/c1-4-33-23(30)18-9-16(12-28-22(18)25)13-29-14(2)20(17-7-5-15(10-26)6-8-17)21(19(29)11-27)24(31)32-3/h5-9,12H,4,13H2,1-3H3. The molecule has 0 amide bonds. The number of aromatic nitrogens is 2. The highest BCUT2D eigenvalue weighted by Gasteiger charge is 2.27. The van der Waals surface area contributed by atoms with Gasteiger partial charge in [0.1, 0.15) is 22.5 Å². The van der Waals surface area contributed by atoms with Crippen LogP contribution in [0.5, 0.6) is 0 Å². The molecule has 0 aliphatic rings. The van der Waals surface area contributed by atoms with Crippen molar-refractivity contribution in [2.75, 3.05) is 13.7 Å². The molecule has 3 rings (SSSR count). The summed E-state index contributed by atoms with van der Waals surface area (Å²) in [4.78, 5) is 28.9. The van der Waals surface area contributed by atoms with Crippen molar-refractivity contribution in [2.45, 2.75) is 20.4 Å². The zero-order valence-electron chi connectivity index (χ0n) is 18.2. The van der Waals surface area contributed by atoms with Gasteiger partial charge in [-0.05, 0) is 43.2 Å². The summed E-state index contributed by atoms with van der Waals surface area (Å²) in [6.45, 7) is 3.79. The lowest BCUT2D eigenvalue weighted by atomic mass is 9.99. The van der Waals surface area contributed by atoms with E-state index in [1.807, 2.05) is 0 Å². The third-order valence-corrected chi connectivity index (χ3v) is 5.35. The second-order valence-electron chi connectivity index (χ2n) is 6.97. The van der Waals surface area contributed by atoms with Crippen LogP contribution < -0.4 is 0 Å². The van der Waals surface area contributed by atoms with Gasteiger partial charge < -0.3 is 14.0 Å². The Labute approximate surface area is 195 Å². The molecular formula is C24H19ClN4O4. The number of carbonyl (C=O) groups is 2. The van der Waals surface area contributed by atoms with Gasteiger partial charge in [0.25, 0.3) is 0 Å². The van der Waals surface area contributed by atoms with Crippen LogP contribution in [-0.4, -0.2) is 35.2 Å². The van der Waals surface area contributed by atoms with E-state index in [1.54, 1.807) is 48.7 Å². The van der Waals surface area contributed by atoms with E-state index in [-0.39, 0.29) is 35.1 Å². The van der Waals surface area contributed by atoms with E-state index in [0.29, 0.717) is 27.9 Å². The lowest BCUT2D eigenvalue weighted by Gasteiger charge is -2.11. The average Bonchev–Trinajstić information content (AvgIpc) is 3.11. The Morgan fingerprint density at radius 1 is 1.15 bits per heavy atom. The monoisotopic (exact) mass is 462 g/mol. The van der Waals surface area contributed by atoms with E-state index in [9.17, 15) is 14.9 Å². The van der Waals surface area contributed by atoms with Crippen molar-refractivity contribution < 1.29 is 19.1 Å². The minimum absolute atomic E-state index is 0.00968. The van der Waals surface area contributed by atoms with Crippen molar-refractivity contribution in [2.24, 2.45) is 0 Å². The van der Waals surface area contributed by atoms with Crippen LogP contribution in [0.1, 0.15) is 50.2 Å². The van der Waals surface area contributed by atoms with Crippen LogP contribution in [0.25, 0.3) is 11.1 Å². The Balaban J connectivity index is 2.17. The van der Waals surface area contributed by atoms with E-state index in [2.05, 4.69) is 17.1 Å². The van der Waals surface area contributed by atoms with Gasteiger partial charge >= 0.3 is 11.9 Å². The first kappa shape index (κ1) is 23.5. The quantitative estimate of drug-likeness (QED) is 0.396. The first-order chi connectivity index (χ1) is 15.9. The van der Waals surface area contributed by atoms with E-state index in [1.165, 1.54) is 13.3 Å². The molecule has 9 heteroatoms. The third-order valence-electron chi connectivity index (χ3n) is 5.05. The molecule has 2 heterocycles. The van der Waals surface area contributed by atoms with Gasteiger partial charge in [-0.15, -0.1) is 0 Å². The predicted molar refractivity (Wildman–Crippen MR) is 120 cm³/mol. The van der Waals surface area contributed by atoms with Crippen LogP contribution in [0.4, 0.5) is 0 Å². The number of hydrogen-bond donors (Lipinski definition) is 0. The summed E-state index contributed by atoms with van der Waals surface area (Å²) in [5, 5.41) is 19.0. The molecule has 166 valence electrons. The van der Waals surface area contributed by atoms with Crippen LogP contribution in [0.3, 0.4) is 0 Å². The maximum absolute atomic E-state index is 12.7. The smallest absolute Gasteiger partial charge is 0.341 e. The molecule has 0 aliphatic carbocycles. The number of hydrogen-bond acceptors (Lipinski definition) is 7. The zero-order chi connectivity index (χ0) is 24.1. The molecule has 0 radical (unpaired) electrons. The van der Waals surface area contributed by atoms with Crippen molar-refractivity contribution in [1.29, 1.82) is 10.5 Å². The topological polar surface area (TPSA) is 118 Å². The Bertz CT molecular complexity index is 1310. The first-order valence-corrected chi connectivity index (χ1v) is 10.3.